The molecule has 3 fully saturated rings. The normalized spacial score (nSPS) is 26.6. The van der Waals surface area contributed by atoms with E-state index in [1.807, 2.05) is 72.8 Å². The molecule has 6 nitrogen and oxygen atoms in total. The molecule has 44 heavy (non-hydrogen) atoms. The molecular weight excluding hydrogens is 548 g/mol. The Bertz CT molecular complexity index is 1710. The van der Waals surface area contributed by atoms with E-state index in [9.17, 15) is 14.4 Å². The first kappa shape index (κ1) is 26.6. The second-order valence-electron chi connectivity index (χ2n) is 12.4. The number of nitrogens with zero attached hydrogens (tertiary/aromatic N) is 1. The minimum Gasteiger partial charge on any atom is -0.457 e. The Morgan fingerprint density at radius 1 is 0.705 bits per heavy atom. The van der Waals surface area contributed by atoms with Gasteiger partial charge in [-0.3, -0.25) is 19.3 Å². The molecule has 3 amide bonds. The van der Waals surface area contributed by atoms with Crippen molar-refractivity contribution in [3.63, 3.8) is 0 Å². The Balaban J connectivity index is 0.991. The van der Waals surface area contributed by atoms with Crippen molar-refractivity contribution in [3.8, 4) is 22.6 Å². The number of likely N-dealkylation sites (tertiary alicyclic amines) is 1. The Labute approximate surface area is 256 Å². The van der Waals surface area contributed by atoms with Gasteiger partial charge in [0, 0.05) is 12.1 Å². The van der Waals surface area contributed by atoms with Crippen LogP contribution in [0, 0.1) is 35.5 Å². The maximum atomic E-state index is 13.9. The Morgan fingerprint density at radius 2 is 1.23 bits per heavy atom. The lowest BCUT2D eigenvalue weighted by Gasteiger charge is -2.37. The predicted molar refractivity (Wildman–Crippen MR) is 168 cm³/mol. The molecule has 1 aliphatic heterocycles. The summed E-state index contributed by atoms with van der Waals surface area (Å²) in [6.07, 6.45) is 5.67. The van der Waals surface area contributed by atoms with E-state index in [0.29, 0.717) is 29.0 Å². The Kier molecular flexibility index (Phi) is 6.44. The van der Waals surface area contributed by atoms with Crippen LogP contribution in [-0.4, -0.2) is 28.7 Å². The first-order chi connectivity index (χ1) is 21.5. The van der Waals surface area contributed by atoms with Crippen LogP contribution >= 0.6 is 0 Å². The van der Waals surface area contributed by atoms with E-state index < -0.39 is 6.04 Å². The van der Waals surface area contributed by atoms with Gasteiger partial charge < -0.3 is 10.1 Å². The maximum absolute atomic E-state index is 13.9. The Hall–Kier alpha value is -4.97. The first-order valence-electron chi connectivity index (χ1n) is 15.4. The number of rotatable bonds is 8. The van der Waals surface area contributed by atoms with Crippen LogP contribution in [0.25, 0.3) is 11.1 Å². The van der Waals surface area contributed by atoms with Crippen molar-refractivity contribution >= 4 is 23.4 Å². The van der Waals surface area contributed by atoms with Gasteiger partial charge in [0.25, 0.3) is 0 Å². The molecule has 4 aromatic carbocycles. The van der Waals surface area contributed by atoms with Crippen LogP contribution in [0.4, 0.5) is 5.69 Å². The largest absolute Gasteiger partial charge is 0.457 e. The highest BCUT2D eigenvalue weighted by Crippen LogP contribution is 2.65. The molecular formula is C38H32N2O4. The van der Waals surface area contributed by atoms with Gasteiger partial charge in [-0.25, -0.2) is 0 Å². The summed E-state index contributed by atoms with van der Waals surface area (Å²) in [5.41, 5.74) is 3.71. The summed E-state index contributed by atoms with van der Waals surface area (Å²) < 4.78 is 6.04. The molecule has 0 unspecified atom stereocenters. The van der Waals surface area contributed by atoms with E-state index in [1.165, 1.54) is 4.90 Å². The second-order valence-corrected chi connectivity index (χ2v) is 12.4. The van der Waals surface area contributed by atoms with Gasteiger partial charge in [-0.2, -0.15) is 0 Å². The van der Waals surface area contributed by atoms with E-state index in [4.69, 9.17) is 4.74 Å². The average molecular weight is 581 g/mol. The van der Waals surface area contributed by atoms with E-state index in [0.717, 1.165) is 23.1 Å². The zero-order valence-electron chi connectivity index (χ0n) is 24.1. The number of hydrogen-bond acceptors (Lipinski definition) is 4. The molecule has 1 heterocycles. The summed E-state index contributed by atoms with van der Waals surface area (Å²) in [4.78, 5) is 42.9. The number of carbonyl (C=O) groups excluding carboxylic acids is 3. The van der Waals surface area contributed by atoms with Gasteiger partial charge in [0.05, 0.1) is 11.8 Å². The summed E-state index contributed by atoms with van der Waals surface area (Å²) in [5.74, 6) is 1.13. The third kappa shape index (κ3) is 4.62. The molecule has 0 radical (unpaired) electrons. The number of benzene rings is 4. The molecule has 2 saturated carbocycles. The maximum Gasteiger partial charge on any atom is 0.248 e. The van der Waals surface area contributed by atoms with E-state index in [-0.39, 0.29) is 47.8 Å². The van der Waals surface area contributed by atoms with Gasteiger partial charge >= 0.3 is 0 Å². The molecule has 9 rings (SSSR count). The number of ether oxygens (including phenoxy) is 1. The quantitative estimate of drug-likeness (QED) is 0.185. The fourth-order valence-electron chi connectivity index (χ4n) is 7.74. The summed E-state index contributed by atoms with van der Waals surface area (Å²) in [7, 11) is 0. The lowest BCUT2D eigenvalue weighted by atomic mass is 9.63. The van der Waals surface area contributed by atoms with Crippen LogP contribution in [0.5, 0.6) is 11.5 Å². The lowest BCUT2D eigenvalue weighted by Crippen LogP contribution is -2.49. The molecule has 218 valence electrons. The zero-order valence-corrected chi connectivity index (χ0v) is 24.1. The fourth-order valence-corrected chi connectivity index (χ4v) is 7.74. The highest BCUT2D eigenvalue weighted by molar-refractivity contribution is 6.10. The molecule has 1 saturated heterocycles. The first-order valence-corrected chi connectivity index (χ1v) is 15.4. The average Bonchev–Trinajstić information content (AvgIpc) is 3.85. The molecule has 4 aliphatic carbocycles. The number of nitrogens with one attached hydrogen (secondary N) is 1. The van der Waals surface area contributed by atoms with Crippen LogP contribution in [-0.2, 0) is 20.8 Å². The van der Waals surface area contributed by atoms with Gasteiger partial charge in [0.15, 0.2) is 0 Å². The number of imide groups is 1. The van der Waals surface area contributed by atoms with Crippen molar-refractivity contribution < 1.29 is 19.1 Å². The number of hydrogen-bond donors (Lipinski definition) is 1. The second kappa shape index (κ2) is 10.6. The van der Waals surface area contributed by atoms with Gasteiger partial charge in [-0.15, -0.1) is 0 Å². The number of carbonyl (C=O) groups is 3. The molecule has 2 bridgehead atoms. The third-order valence-electron chi connectivity index (χ3n) is 9.90. The summed E-state index contributed by atoms with van der Waals surface area (Å²) in [6.45, 7) is 0. The molecule has 1 N–H and O–H groups in total. The minimum atomic E-state index is -0.933. The lowest BCUT2D eigenvalue weighted by molar-refractivity contribution is -0.146. The van der Waals surface area contributed by atoms with Crippen LogP contribution in [0.3, 0.4) is 0 Å². The Morgan fingerprint density at radius 3 is 1.82 bits per heavy atom. The molecule has 0 aromatic heterocycles. The highest BCUT2D eigenvalue weighted by atomic mass is 16.5. The van der Waals surface area contributed by atoms with Crippen molar-refractivity contribution in [2.75, 3.05) is 5.32 Å². The van der Waals surface area contributed by atoms with Crippen LogP contribution < -0.4 is 10.1 Å². The molecule has 0 spiro atoms. The van der Waals surface area contributed by atoms with E-state index >= 15 is 0 Å². The monoisotopic (exact) mass is 580 g/mol. The van der Waals surface area contributed by atoms with Crippen molar-refractivity contribution in [3.05, 3.63) is 127 Å². The van der Waals surface area contributed by atoms with Gasteiger partial charge in [0.2, 0.25) is 17.7 Å². The van der Waals surface area contributed by atoms with Crippen molar-refractivity contribution in [2.45, 2.75) is 18.9 Å². The number of allylic oxidation sites excluding steroid dienone is 2. The van der Waals surface area contributed by atoms with Crippen molar-refractivity contribution in [1.82, 2.24) is 4.90 Å². The summed E-state index contributed by atoms with van der Waals surface area (Å²) in [5, 5.41) is 2.98. The molecule has 6 heteroatoms. The van der Waals surface area contributed by atoms with Crippen LogP contribution in [0.1, 0.15) is 12.0 Å². The molecule has 7 atom stereocenters. The van der Waals surface area contributed by atoms with Crippen molar-refractivity contribution in [1.29, 1.82) is 0 Å². The minimum absolute atomic E-state index is 0.110. The SMILES string of the molecule is O=C(Nc1ccc(Oc2ccc(-c3ccccc3)cc2)cc1)[C@H](Cc1ccccc1)N1C(=O)[C@@H]2[C@@H]3C=C[C@H]([C@H]4C[C@H]34)[C@@H]2C1=O. The predicted octanol–water partition coefficient (Wildman–Crippen LogP) is 6.75. The zero-order chi connectivity index (χ0) is 29.8. The number of amides is 3. The van der Waals surface area contributed by atoms with E-state index in [2.05, 4.69) is 29.6 Å². The van der Waals surface area contributed by atoms with Crippen molar-refractivity contribution in [2.24, 2.45) is 35.5 Å². The topological polar surface area (TPSA) is 75.7 Å². The van der Waals surface area contributed by atoms with Gasteiger partial charge in [-0.05, 0) is 83.2 Å². The van der Waals surface area contributed by atoms with E-state index in [1.54, 1.807) is 24.3 Å². The summed E-state index contributed by atoms with van der Waals surface area (Å²) >= 11 is 0. The summed E-state index contributed by atoms with van der Waals surface area (Å²) in [6, 6.07) is 33.8. The highest BCUT2D eigenvalue weighted by Gasteiger charge is 2.67. The van der Waals surface area contributed by atoms with Crippen LogP contribution in [0.2, 0.25) is 0 Å². The van der Waals surface area contributed by atoms with Gasteiger partial charge in [0.1, 0.15) is 17.5 Å². The fraction of sp³-hybridized carbons (Fsp3) is 0.237. The smallest absolute Gasteiger partial charge is 0.248 e. The van der Waals surface area contributed by atoms with Gasteiger partial charge in [-0.1, -0.05) is 84.9 Å². The third-order valence-corrected chi connectivity index (χ3v) is 9.90. The van der Waals surface area contributed by atoms with Crippen LogP contribution in [0.15, 0.2) is 121 Å². The standard InChI is InChI=1S/C38H32N2O4/c41-36(39-26-13-17-28(18-14-26)44-27-15-11-25(12-16-27)24-9-5-2-6-10-24)33(21-23-7-3-1-4-8-23)40-37(42)34-29-19-20-30(32-22-31(29)32)35(34)38(40)43/h1-20,29-35H,21-22H2,(H,39,41)/t29-,30-,31-,32-,33+,34-,35+/m1/s1. The number of anilines is 1. The molecule has 5 aliphatic rings. The molecule has 4 aromatic rings.